The van der Waals surface area contributed by atoms with Gasteiger partial charge in [0.15, 0.2) is 5.82 Å². The standard InChI is InChI=1S/C13H21N3O2/c1-4-14-12-7-10(9(2)3)15-13(16-12)11-8-17-5-6-18-11/h7,9,11H,4-6,8H2,1-3H3,(H,14,15,16). The predicted molar refractivity (Wildman–Crippen MR) is 69.8 cm³/mol. The molecule has 5 nitrogen and oxygen atoms in total. The van der Waals surface area contributed by atoms with E-state index < -0.39 is 0 Å². The molecule has 2 rings (SSSR count). The zero-order valence-corrected chi connectivity index (χ0v) is 11.3. The highest BCUT2D eigenvalue weighted by Gasteiger charge is 2.21. The lowest BCUT2D eigenvalue weighted by molar-refractivity contribution is -0.0935. The number of hydrogen-bond donors (Lipinski definition) is 1. The van der Waals surface area contributed by atoms with E-state index >= 15 is 0 Å². The van der Waals surface area contributed by atoms with E-state index in [1.165, 1.54) is 0 Å². The second-order valence-corrected chi connectivity index (χ2v) is 4.66. The number of aromatic nitrogens is 2. The molecule has 5 heteroatoms. The van der Waals surface area contributed by atoms with Crippen molar-refractivity contribution in [3.8, 4) is 0 Å². The van der Waals surface area contributed by atoms with Gasteiger partial charge >= 0.3 is 0 Å². The summed E-state index contributed by atoms with van der Waals surface area (Å²) in [6.45, 7) is 8.94. The number of hydrogen-bond acceptors (Lipinski definition) is 5. The van der Waals surface area contributed by atoms with Gasteiger partial charge in [0, 0.05) is 18.3 Å². The Kier molecular flexibility index (Phi) is 4.49. The van der Waals surface area contributed by atoms with Crippen molar-refractivity contribution in [2.45, 2.75) is 32.8 Å². The number of nitrogens with one attached hydrogen (secondary N) is 1. The quantitative estimate of drug-likeness (QED) is 0.888. The molecule has 0 radical (unpaired) electrons. The van der Waals surface area contributed by atoms with Gasteiger partial charge in [-0.2, -0.15) is 0 Å². The lowest BCUT2D eigenvalue weighted by Gasteiger charge is -2.23. The van der Waals surface area contributed by atoms with Crippen LogP contribution in [0.4, 0.5) is 5.82 Å². The highest BCUT2D eigenvalue weighted by molar-refractivity contribution is 5.37. The van der Waals surface area contributed by atoms with Crippen LogP contribution in [0.5, 0.6) is 0 Å². The number of rotatable bonds is 4. The molecule has 1 aromatic rings. The van der Waals surface area contributed by atoms with Gasteiger partial charge in [0.05, 0.1) is 19.8 Å². The molecule has 100 valence electrons. The van der Waals surface area contributed by atoms with Crippen LogP contribution in [0.3, 0.4) is 0 Å². The molecule has 0 bridgehead atoms. The zero-order valence-electron chi connectivity index (χ0n) is 11.3. The van der Waals surface area contributed by atoms with Gasteiger partial charge in [0.25, 0.3) is 0 Å². The van der Waals surface area contributed by atoms with Crippen LogP contribution >= 0.6 is 0 Å². The Morgan fingerprint density at radius 3 is 2.83 bits per heavy atom. The second-order valence-electron chi connectivity index (χ2n) is 4.66. The molecule has 1 saturated heterocycles. The fourth-order valence-corrected chi connectivity index (χ4v) is 1.83. The van der Waals surface area contributed by atoms with E-state index in [1.54, 1.807) is 0 Å². The van der Waals surface area contributed by atoms with Crippen molar-refractivity contribution in [2.75, 3.05) is 31.7 Å². The van der Waals surface area contributed by atoms with E-state index in [1.807, 2.05) is 6.07 Å². The summed E-state index contributed by atoms with van der Waals surface area (Å²) in [5.41, 5.74) is 1.03. The van der Waals surface area contributed by atoms with Crippen molar-refractivity contribution in [3.63, 3.8) is 0 Å². The summed E-state index contributed by atoms with van der Waals surface area (Å²) in [6.07, 6.45) is -0.144. The van der Waals surface area contributed by atoms with Crippen LogP contribution in [0.25, 0.3) is 0 Å². The Morgan fingerprint density at radius 2 is 2.22 bits per heavy atom. The Bertz CT molecular complexity index is 390. The van der Waals surface area contributed by atoms with Crippen molar-refractivity contribution in [3.05, 3.63) is 17.6 Å². The number of ether oxygens (including phenoxy) is 2. The van der Waals surface area contributed by atoms with Crippen molar-refractivity contribution in [1.29, 1.82) is 0 Å². The molecule has 0 saturated carbocycles. The highest BCUT2D eigenvalue weighted by Crippen LogP contribution is 2.22. The van der Waals surface area contributed by atoms with Gasteiger partial charge in [-0.15, -0.1) is 0 Å². The van der Waals surface area contributed by atoms with E-state index in [0.29, 0.717) is 25.7 Å². The first-order valence-electron chi connectivity index (χ1n) is 6.52. The SMILES string of the molecule is CCNc1cc(C(C)C)nc(C2COCCO2)n1. The summed E-state index contributed by atoms with van der Waals surface area (Å²) in [7, 11) is 0. The Labute approximate surface area is 108 Å². The molecule has 1 atom stereocenters. The predicted octanol–water partition coefficient (Wildman–Crippen LogP) is 2.12. The topological polar surface area (TPSA) is 56.3 Å². The summed E-state index contributed by atoms with van der Waals surface area (Å²) in [4.78, 5) is 9.08. The molecule has 1 aromatic heterocycles. The Hall–Kier alpha value is -1.20. The second kappa shape index (κ2) is 6.11. The van der Waals surface area contributed by atoms with Crippen LogP contribution in [-0.2, 0) is 9.47 Å². The molecule has 0 spiro atoms. The third-order valence-corrected chi connectivity index (χ3v) is 2.82. The average Bonchev–Trinajstić information content (AvgIpc) is 2.40. The molecule has 1 unspecified atom stereocenters. The maximum atomic E-state index is 5.65. The molecule has 1 fully saturated rings. The van der Waals surface area contributed by atoms with Crippen LogP contribution in [0, 0.1) is 0 Å². The normalized spacial score (nSPS) is 20.1. The van der Waals surface area contributed by atoms with Gasteiger partial charge < -0.3 is 14.8 Å². The van der Waals surface area contributed by atoms with Gasteiger partial charge in [-0.1, -0.05) is 13.8 Å². The highest BCUT2D eigenvalue weighted by atomic mass is 16.6. The van der Waals surface area contributed by atoms with Crippen molar-refractivity contribution in [2.24, 2.45) is 0 Å². The first-order valence-corrected chi connectivity index (χ1v) is 6.52. The summed E-state index contributed by atoms with van der Waals surface area (Å²) in [5.74, 6) is 1.95. The zero-order chi connectivity index (χ0) is 13.0. The molecular formula is C13H21N3O2. The minimum Gasteiger partial charge on any atom is -0.376 e. The number of anilines is 1. The fraction of sp³-hybridized carbons (Fsp3) is 0.692. The van der Waals surface area contributed by atoms with Crippen LogP contribution < -0.4 is 5.32 Å². The molecule has 0 amide bonds. The number of nitrogens with zero attached hydrogens (tertiary/aromatic N) is 2. The first-order chi connectivity index (χ1) is 8.70. The molecular weight excluding hydrogens is 230 g/mol. The lowest BCUT2D eigenvalue weighted by Crippen LogP contribution is -2.24. The van der Waals surface area contributed by atoms with Crippen molar-refractivity contribution in [1.82, 2.24) is 9.97 Å². The molecule has 18 heavy (non-hydrogen) atoms. The summed E-state index contributed by atoms with van der Waals surface area (Å²) < 4.78 is 11.1. The summed E-state index contributed by atoms with van der Waals surface area (Å²) >= 11 is 0. The molecule has 2 heterocycles. The third-order valence-electron chi connectivity index (χ3n) is 2.82. The van der Waals surface area contributed by atoms with Crippen molar-refractivity contribution < 1.29 is 9.47 Å². The maximum Gasteiger partial charge on any atom is 0.162 e. The first kappa shape index (κ1) is 13.2. The van der Waals surface area contributed by atoms with E-state index in [-0.39, 0.29) is 6.10 Å². The van der Waals surface area contributed by atoms with Gasteiger partial charge in [-0.3, -0.25) is 0 Å². The Morgan fingerprint density at radius 1 is 1.39 bits per heavy atom. The van der Waals surface area contributed by atoms with Crippen molar-refractivity contribution >= 4 is 5.82 Å². The largest absolute Gasteiger partial charge is 0.376 e. The van der Waals surface area contributed by atoms with E-state index in [9.17, 15) is 0 Å². The Balaban J connectivity index is 2.26. The minimum atomic E-state index is -0.144. The molecule has 1 N–H and O–H groups in total. The van der Waals surface area contributed by atoms with E-state index in [4.69, 9.17) is 9.47 Å². The smallest absolute Gasteiger partial charge is 0.162 e. The lowest BCUT2D eigenvalue weighted by atomic mass is 10.1. The van der Waals surface area contributed by atoms with E-state index in [2.05, 4.69) is 36.1 Å². The maximum absolute atomic E-state index is 5.65. The van der Waals surface area contributed by atoms with E-state index in [0.717, 1.165) is 23.9 Å². The summed E-state index contributed by atoms with van der Waals surface area (Å²) in [5, 5.41) is 3.23. The average molecular weight is 251 g/mol. The minimum absolute atomic E-state index is 0.144. The molecule has 0 aliphatic carbocycles. The van der Waals surface area contributed by atoms with Crippen LogP contribution in [-0.4, -0.2) is 36.3 Å². The third kappa shape index (κ3) is 3.17. The van der Waals surface area contributed by atoms with Gasteiger partial charge in [0.1, 0.15) is 11.9 Å². The van der Waals surface area contributed by atoms with Gasteiger partial charge in [-0.25, -0.2) is 9.97 Å². The van der Waals surface area contributed by atoms with Crippen LogP contribution in [0.2, 0.25) is 0 Å². The fourth-order valence-electron chi connectivity index (χ4n) is 1.83. The van der Waals surface area contributed by atoms with Crippen LogP contribution in [0.15, 0.2) is 6.07 Å². The molecule has 1 aliphatic rings. The molecule has 1 aliphatic heterocycles. The summed E-state index contributed by atoms with van der Waals surface area (Å²) in [6, 6.07) is 2.00. The monoisotopic (exact) mass is 251 g/mol. The molecule has 0 aromatic carbocycles. The van der Waals surface area contributed by atoms with Crippen LogP contribution in [0.1, 0.15) is 44.3 Å². The van der Waals surface area contributed by atoms with Gasteiger partial charge in [-0.05, 0) is 12.8 Å². The van der Waals surface area contributed by atoms with Gasteiger partial charge in [0.2, 0.25) is 0 Å².